The molecule has 0 amide bonds. The first-order valence-electron chi connectivity index (χ1n) is 4.52. The summed E-state index contributed by atoms with van der Waals surface area (Å²) in [4.78, 5) is 0. The minimum atomic E-state index is 0.0382. The summed E-state index contributed by atoms with van der Waals surface area (Å²) in [6.45, 7) is 6.14. The Hall–Kier alpha value is -0.0800. The molecule has 0 spiro atoms. The predicted octanol–water partition coefficient (Wildman–Crippen LogP) is 1.54. The Balaban J connectivity index is 2.52. The molecule has 1 saturated heterocycles. The monoisotopic (exact) mass is 157 g/mol. The van der Waals surface area contributed by atoms with E-state index in [2.05, 4.69) is 13.8 Å². The summed E-state index contributed by atoms with van der Waals surface area (Å²) in [6.07, 6.45) is 3.25. The molecule has 0 saturated carbocycles. The van der Waals surface area contributed by atoms with E-state index in [1.165, 1.54) is 0 Å². The van der Waals surface area contributed by atoms with Gasteiger partial charge < -0.3 is 10.5 Å². The Morgan fingerprint density at radius 3 is 2.64 bits per heavy atom. The zero-order chi connectivity index (χ0) is 8.32. The van der Waals surface area contributed by atoms with Crippen molar-refractivity contribution in [2.75, 3.05) is 13.2 Å². The molecule has 1 rings (SSSR count). The van der Waals surface area contributed by atoms with E-state index in [1.807, 2.05) is 0 Å². The third-order valence-corrected chi connectivity index (χ3v) is 2.79. The summed E-state index contributed by atoms with van der Waals surface area (Å²) < 4.78 is 5.36. The number of rotatable bonds is 1. The first kappa shape index (κ1) is 9.01. The van der Waals surface area contributed by atoms with Crippen molar-refractivity contribution in [3.05, 3.63) is 0 Å². The highest BCUT2D eigenvalue weighted by molar-refractivity contribution is 4.88. The van der Waals surface area contributed by atoms with Crippen LogP contribution in [0.2, 0.25) is 0 Å². The highest BCUT2D eigenvalue weighted by Crippen LogP contribution is 2.25. The average Bonchev–Trinajstić information content (AvgIpc) is 2.15. The molecule has 0 aromatic carbocycles. The molecule has 11 heavy (non-hydrogen) atoms. The van der Waals surface area contributed by atoms with Crippen LogP contribution in [0.25, 0.3) is 0 Å². The van der Waals surface area contributed by atoms with Crippen molar-refractivity contribution in [1.29, 1.82) is 0 Å². The van der Waals surface area contributed by atoms with Crippen LogP contribution in [0.4, 0.5) is 0 Å². The van der Waals surface area contributed by atoms with Crippen LogP contribution >= 0.6 is 0 Å². The van der Waals surface area contributed by atoms with Gasteiger partial charge in [-0.2, -0.15) is 0 Å². The molecule has 1 fully saturated rings. The first-order chi connectivity index (χ1) is 5.15. The second-order valence-corrected chi connectivity index (χ2v) is 3.85. The quantitative estimate of drug-likeness (QED) is 0.626. The number of ether oxygens (including phenoxy) is 1. The summed E-state index contributed by atoms with van der Waals surface area (Å²) in [6, 6.07) is 0. The summed E-state index contributed by atoms with van der Waals surface area (Å²) in [5.41, 5.74) is 6.26. The van der Waals surface area contributed by atoms with Gasteiger partial charge in [0.25, 0.3) is 0 Å². The molecular weight excluding hydrogens is 138 g/mol. The molecule has 1 aliphatic rings. The summed E-state index contributed by atoms with van der Waals surface area (Å²) in [5.74, 6) is 0.573. The van der Waals surface area contributed by atoms with Crippen molar-refractivity contribution in [2.24, 2.45) is 11.7 Å². The maximum atomic E-state index is 6.22. The van der Waals surface area contributed by atoms with Gasteiger partial charge in [-0.05, 0) is 25.2 Å². The summed E-state index contributed by atoms with van der Waals surface area (Å²) >= 11 is 0. The molecule has 66 valence electrons. The molecule has 1 unspecified atom stereocenters. The molecule has 0 aromatic heterocycles. The predicted molar refractivity (Wildman–Crippen MR) is 46.4 cm³/mol. The second kappa shape index (κ2) is 3.55. The van der Waals surface area contributed by atoms with Crippen LogP contribution in [-0.4, -0.2) is 18.8 Å². The molecule has 0 aromatic rings. The number of nitrogens with two attached hydrogens (primary N) is 1. The van der Waals surface area contributed by atoms with Crippen LogP contribution in [0.3, 0.4) is 0 Å². The standard InChI is InChI=1S/C9H19NO/c1-8(2)9(10)4-3-6-11-7-5-9/h8H,3-7,10H2,1-2H3. The van der Waals surface area contributed by atoms with Crippen molar-refractivity contribution in [2.45, 2.75) is 38.6 Å². The van der Waals surface area contributed by atoms with Gasteiger partial charge in [0.15, 0.2) is 0 Å². The van der Waals surface area contributed by atoms with Gasteiger partial charge in [-0.15, -0.1) is 0 Å². The minimum Gasteiger partial charge on any atom is -0.381 e. The molecule has 2 nitrogen and oxygen atoms in total. The van der Waals surface area contributed by atoms with E-state index in [9.17, 15) is 0 Å². The van der Waals surface area contributed by atoms with Crippen LogP contribution < -0.4 is 5.73 Å². The zero-order valence-electron chi connectivity index (χ0n) is 7.60. The van der Waals surface area contributed by atoms with E-state index in [1.54, 1.807) is 0 Å². The van der Waals surface area contributed by atoms with Crippen molar-refractivity contribution >= 4 is 0 Å². The molecule has 0 aliphatic carbocycles. The molecule has 2 heteroatoms. The van der Waals surface area contributed by atoms with Crippen molar-refractivity contribution in [3.63, 3.8) is 0 Å². The normalized spacial score (nSPS) is 33.8. The van der Waals surface area contributed by atoms with E-state index < -0.39 is 0 Å². The SMILES string of the molecule is CC(C)C1(N)CCCOCC1. The minimum absolute atomic E-state index is 0.0382. The van der Waals surface area contributed by atoms with Gasteiger partial charge in [0.1, 0.15) is 0 Å². The highest BCUT2D eigenvalue weighted by atomic mass is 16.5. The van der Waals surface area contributed by atoms with E-state index in [-0.39, 0.29) is 5.54 Å². The van der Waals surface area contributed by atoms with Crippen molar-refractivity contribution in [3.8, 4) is 0 Å². The molecule has 0 radical (unpaired) electrons. The molecular formula is C9H19NO. The third kappa shape index (κ3) is 2.17. The topological polar surface area (TPSA) is 35.2 Å². The van der Waals surface area contributed by atoms with Crippen LogP contribution in [0.15, 0.2) is 0 Å². The van der Waals surface area contributed by atoms with Gasteiger partial charge in [-0.3, -0.25) is 0 Å². The maximum Gasteiger partial charge on any atom is 0.0483 e. The molecule has 1 aliphatic heterocycles. The van der Waals surface area contributed by atoms with Gasteiger partial charge in [-0.1, -0.05) is 13.8 Å². The van der Waals surface area contributed by atoms with Gasteiger partial charge in [0.2, 0.25) is 0 Å². The van der Waals surface area contributed by atoms with Crippen LogP contribution in [0.1, 0.15) is 33.1 Å². The Kier molecular flexibility index (Phi) is 2.90. The molecule has 2 N–H and O–H groups in total. The zero-order valence-corrected chi connectivity index (χ0v) is 7.60. The smallest absolute Gasteiger partial charge is 0.0483 e. The first-order valence-corrected chi connectivity index (χ1v) is 4.52. The lowest BCUT2D eigenvalue weighted by Crippen LogP contribution is -2.45. The average molecular weight is 157 g/mol. The summed E-state index contributed by atoms with van der Waals surface area (Å²) in [7, 11) is 0. The molecule has 1 heterocycles. The Labute approximate surface area is 69.1 Å². The fraction of sp³-hybridized carbons (Fsp3) is 1.00. The number of hydrogen-bond acceptors (Lipinski definition) is 2. The maximum absolute atomic E-state index is 6.22. The van der Waals surface area contributed by atoms with Crippen LogP contribution in [0.5, 0.6) is 0 Å². The van der Waals surface area contributed by atoms with E-state index in [0.29, 0.717) is 5.92 Å². The fourth-order valence-electron chi connectivity index (χ4n) is 1.57. The largest absolute Gasteiger partial charge is 0.381 e. The van der Waals surface area contributed by atoms with Crippen LogP contribution in [-0.2, 0) is 4.74 Å². The molecule has 1 atom stereocenters. The lowest BCUT2D eigenvalue weighted by Gasteiger charge is -2.31. The van der Waals surface area contributed by atoms with Crippen LogP contribution in [0, 0.1) is 5.92 Å². The third-order valence-electron chi connectivity index (χ3n) is 2.79. The Morgan fingerprint density at radius 1 is 1.27 bits per heavy atom. The fourth-order valence-corrected chi connectivity index (χ4v) is 1.57. The van der Waals surface area contributed by atoms with Crippen molar-refractivity contribution < 1.29 is 4.74 Å². The highest BCUT2D eigenvalue weighted by Gasteiger charge is 2.29. The number of hydrogen-bond donors (Lipinski definition) is 1. The lowest BCUT2D eigenvalue weighted by atomic mass is 9.81. The van der Waals surface area contributed by atoms with E-state index >= 15 is 0 Å². The van der Waals surface area contributed by atoms with Crippen molar-refractivity contribution in [1.82, 2.24) is 0 Å². The van der Waals surface area contributed by atoms with Gasteiger partial charge in [0.05, 0.1) is 0 Å². The lowest BCUT2D eigenvalue weighted by molar-refractivity contribution is 0.135. The van der Waals surface area contributed by atoms with Gasteiger partial charge in [-0.25, -0.2) is 0 Å². The Bertz CT molecular complexity index is 115. The second-order valence-electron chi connectivity index (χ2n) is 3.85. The molecule has 0 bridgehead atoms. The summed E-state index contributed by atoms with van der Waals surface area (Å²) in [5, 5.41) is 0. The van der Waals surface area contributed by atoms with E-state index in [4.69, 9.17) is 10.5 Å². The van der Waals surface area contributed by atoms with Gasteiger partial charge >= 0.3 is 0 Å². The van der Waals surface area contributed by atoms with Gasteiger partial charge in [0, 0.05) is 18.8 Å². The Morgan fingerprint density at radius 2 is 2.00 bits per heavy atom. The van der Waals surface area contributed by atoms with E-state index in [0.717, 1.165) is 32.5 Å².